The van der Waals surface area contributed by atoms with Crippen LogP contribution in [0.1, 0.15) is 16.9 Å². The van der Waals surface area contributed by atoms with Crippen molar-refractivity contribution in [3.05, 3.63) is 42.2 Å². The van der Waals surface area contributed by atoms with Crippen LogP contribution >= 0.6 is 0 Å². The largest absolute Gasteiger partial charge is 0.486 e. The standard InChI is InChI=1S/C14H15N3O3/c18-14(12-5-7-15-17-12)16-11-3-1-2-4-13(11)20-10-6-8-19-9-10/h1-5,7,10H,6,8-9H2,(H,15,17)(H,16,18)/t10-/m1/s1. The highest BCUT2D eigenvalue weighted by Gasteiger charge is 2.19. The zero-order valence-corrected chi connectivity index (χ0v) is 10.8. The van der Waals surface area contributed by atoms with Crippen LogP contribution in [0, 0.1) is 0 Å². The van der Waals surface area contributed by atoms with Gasteiger partial charge in [0.15, 0.2) is 0 Å². The molecule has 104 valence electrons. The molecule has 6 nitrogen and oxygen atoms in total. The van der Waals surface area contributed by atoms with Gasteiger partial charge in [-0.2, -0.15) is 5.10 Å². The molecule has 20 heavy (non-hydrogen) atoms. The van der Waals surface area contributed by atoms with Crippen LogP contribution in [0.5, 0.6) is 5.75 Å². The van der Waals surface area contributed by atoms with Gasteiger partial charge in [0.1, 0.15) is 17.5 Å². The fraction of sp³-hybridized carbons (Fsp3) is 0.286. The highest BCUT2D eigenvalue weighted by Crippen LogP contribution is 2.26. The van der Waals surface area contributed by atoms with Gasteiger partial charge in [0.05, 0.1) is 18.9 Å². The fourth-order valence-electron chi connectivity index (χ4n) is 2.03. The molecule has 1 aromatic carbocycles. The van der Waals surface area contributed by atoms with Gasteiger partial charge in [-0.15, -0.1) is 0 Å². The molecule has 2 heterocycles. The molecule has 2 aromatic rings. The van der Waals surface area contributed by atoms with Crippen molar-refractivity contribution in [2.45, 2.75) is 12.5 Å². The molecule has 3 rings (SSSR count). The van der Waals surface area contributed by atoms with Crippen molar-refractivity contribution in [3.8, 4) is 5.75 Å². The number of aromatic amines is 1. The fourth-order valence-corrected chi connectivity index (χ4v) is 2.03. The molecule has 0 saturated carbocycles. The number of carbonyl (C=O) groups is 1. The number of aromatic nitrogens is 2. The Hall–Kier alpha value is -2.34. The van der Waals surface area contributed by atoms with E-state index in [1.54, 1.807) is 12.1 Å². The molecule has 0 spiro atoms. The Morgan fingerprint density at radius 3 is 3.05 bits per heavy atom. The number of anilines is 1. The zero-order chi connectivity index (χ0) is 13.8. The summed E-state index contributed by atoms with van der Waals surface area (Å²) in [5.41, 5.74) is 1.04. The number of para-hydroxylation sites is 2. The zero-order valence-electron chi connectivity index (χ0n) is 10.8. The minimum atomic E-state index is -0.249. The van der Waals surface area contributed by atoms with Gasteiger partial charge in [-0.05, 0) is 18.2 Å². The van der Waals surface area contributed by atoms with E-state index in [2.05, 4.69) is 15.5 Å². The molecule has 0 aliphatic carbocycles. The molecular weight excluding hydrogens is 258 g/mol. The summed E-state index contributed by atoms with van der Waals surface area (Å²) in [7, 11) is 0. The van der Waals surface area contributed by atoms with E-state index in [1.165, 1.54) is 6.20 Å². The maximum absolute atomic E-state index is 12.0. The third kappa shape index (κ3) is 2.80. The van der Waals surface area contributed by atoms with Gasteiger partial charge in [0.25, 0.3) is 5.91 Å². The molecule has 0 unspecified atom stereocenters. The first-order chi connectivity index (χ1) is 9.83. The van der Waals surface area contributed by atoms with E-state index in [-0.39, 0.29) is 12.0 Å². The van der Waals surface area contributed by atoms with E-state index in [9.17, 15) is 4.79 Å². The summed E-state index contributed by atoms with van der Waals surface area (Å²) in [5, 5.41) is 9.19. The first kappa shape index (κ1) is 12.7. The Labute approximate surface area is 116 Å². The molecular formula is C14H15N3O3. The molecule has 1 aromatic heterocycles. The van der Waals surface area contributed by atoms with Crippen molar-refractivity contribution < 1.29 is 14.3 Å². The molecule has 1 aliphatic heterocycles. The van der Waals surface area contributed by atoms with Crippen LogP contribution in [0.15, 0.2) is 36.5 Å². The van der Waals surface area contributed by atoms with E-state index < -0.39 is 0 Å². The van der Waals surface area contributed by atoms with Gasteiger partial charge >= 0.3 is 0 Å². The highest BCUT2D eigenvalue weighted by atomic mass is 16.5. The number of ether oxygens (including phenoxy) is 2. The third-order valence-electron chi connectivity index (χ3n) is 3.06. The maximum Gasteiger partial charge on any atom is 0.273 e. The number of hydrogen-bond acceptors (Lipinski definition) is 4. The number of benzene rings is 1. The van der Waals surface area contributed by atoms with Crippen LogP contribution < -0.4 is 10.1 Å². The number of carbonyl (C=O) groups excluding carboxylic acids is 1. The number of hydrogen-bond donors (Lipinski definition) is 2. The van der Waals surface area contributed by atoms with Gasteiger partial charge in [-0.1, -0.05) is 12.1 Å². The molecule has 0 radical (unpaired) electrons. The summed E-state index contributed by atoms with van der Waals surface area (Å²) in [4.78, 5) is 12.0. The SMILES string of the molecule is O=C(Nc1ccccc1O[C@@H]1CCOC1)c1ccn[nH]1. The third-order valence-corrected chi connectivity index (χ3v) is 3.06. The van der Waals surface area contributed by atoms with Crippen molar-refractivity contribution >= 4 is 11.6 Å². The lowest BCUT2D eigenvalue weighted by molar-refractivity contribution is 0.102. The molecule has 6 heteroatoms. The quantitative estimate of drug-likeness (QED) is 0.891. The Balaban J connectivity index is 1.73. The second kappa shape index (κ2) is 5.75. The Bertz CT molecular complexity index is 577. The molecule has 2 N–H and O–H groups in total. The summed E-state index contributed by atoms with van der Waals surface area (Å²) >= 11 is 0. The second-order valence-corrected chi connectivity index (χ2v) is 4.52. The maximum atomic E-state index is 12.0. The normalized spacial score (nSPS) is 17.9. The second-order valence-electron chi connectivity index (χ2n) is 4.52. The number of nitrogens with zero attached hydrogens (tertiary/aromatic N) is 1. The Morgan fingerprint density at radius 1 is 1.40 bits per heavy atom. The topological polar surface area (TPSA) is 76.2 Å². The van der Waals surface area contributed by atoms with Gasteiger partial charge in [-0.3, -0.25) is 9.89 Å². The van der Waals surface area contributed by atoms with Crippen molar-refractivity contribution in [1.29, 1.82) is 0 Å². The van der Waals surface area contributed by atoms with Crippen LogP contribution in [-0.2, 0) is 4.74 Å². The van der Waals surface area contributed by atoms with Crippen molar-refractivity contribution in [3.63, 3.8) is 0 Å². The average Bonchev–Trinajstić information content (AvgIpc) is 3.13. The van der Waals surface area contributed by atoms with Crippen LogP contribution in [0.4, 0.5) is 5.69 Å². The molecule has 1 aliphatic rings. The van der Waals surface area contributed by atoms with E-state index in [0.29, 0.717) is 30.3 Å². The first-order valence-electron chi connectivity index (χ1n) is 6.47. The summed E-state index contributed by atoms with van der Waals surface area (Å²) in [6, 6.07) is 8.97. The highest BCUT2D eigenvalue weighted by molar-refractivity contribution is 6.03. The molecule has 1 saturated heterocycles. The lowest BCUT2D eigenvalue weighted by atomic mass is 10.2. The summed E-state index contributed by atoms with van der Waals surface area (Å²) in [5.74, 6) is 0.400. The van der Waals surface area contributed by atoms with Gasteiger partial charge in [-0.25, -0.2) is 0 Å². The smallest absolute Gasteiger partial charge is 0.273 e. The van der Waals surface area contributed by atoms with E-state index in [4.69, 9.17) is 9.47 Å². The van der Waals surface area contributed by atoms with E-state index >= 15 is 0 Å². The van der Waals surface area contributed by atoms with Crippen LogP contribution in [0.25, 0.3) is 0 Å². The molecule has 1 atom stereocenters. The summed E-state index contributed by atoms with van der Waals surface area (Å²) < 4.78 is 11.1. The minimum absolute atomic E-state index is 0.0419. The first-order valence-corrected chi connectivity index (χ1v) is 6.47. The van der Waals surface area contributed by atoms with Crippen LogP contribution in [-0.4, -0.2) is 35.4 Å². The monoisotopic (exact) mass is 273 g/mol. The number of nitrogens with one attached hydrogen (secondary N) is 2. The predicted molar refractivity (Wildman–Crippen MR) is 72.8 cm³/mol. The number of rotatable bonds is 4. The van der Waals surface area contributed by atoms with Crippen LogP contribution in [0.3, 0.4) is 0 Å². The molecule has 1 amide bonds. The minimum Gasteiger partial charge on any atom is -0.486 e. The Kier molecular flexibility index (Phi) is 3.64. The van der Waals surface area contributed by atoms with Crippen molar-refractivity contribution in [1.82, 2.24) is 10.2 Å². The lowest BCUT2D eigenvalue weighted by Crippen LogP contribution is -2.18. The molecule has 1 fully saturated rings. The predicted octanol–water partition coefficient (Wildman–Crippen LogP) is 1.83. The summed E-state index contributed by atoms with van der Waals surface area (Å²) in [6.07, 6.45) is 2.44. The lowest BCUT2D eigenvalue weighted by Gasteiger charge is -2.15. The van der Waals surface area contributed by atoms with Crippen LogP contribution in [0.2, 0.25) is 0 Å². The number of H-pyrrole nitrogens is 1. The van der Waals surface area contributed by atoms with E-state index in [0.717, 1.165) is 6.42 Å². The van der Waals surface area contributed by atoms with E-state index in [1.807, 2.05) is 18.2 Å². The van der Waals surface area contributed by atoms with Crippen molar-refractivity contribution in [2.75, 3.05) is 18.5 Å². The van der Waals surface area contributed by atoms with Crippen molar-refractivity contribution in [2.24, 2.45) is 0 Å². The van der Waals surface area contributed by atoms with Gasteiger partial charge in [0, 0.05) is 12.6 Å². The number of amides is 1. The van der Waals surface area contributed by atoms with Gasteiger partial charge < -0.3 is 14.8 Å². The molecule has 0 bridgehead atoms. The summed E-state index contributed by atoms with van der Waals surface area (Å²) in [6.45, 7) is 1.30. The average molecular weight is 273 g/mol. The Morgan fingerprint density at radius 2 is 2.30 bits per heavy atom. The van der Waals surface area contributed by atoms with Gasteiger partial charge in [0.2, 0.25) is 0 Å².